The number of hydrogen-bond acceptors (Lipinski definition) is 3. The third kappa shape index (κ3) is 2.09. The zero-order valence-corrected chi connectivity index (χ0v) is 9.48. The van der Waals surface area contributed by atoms with Gasteiger partial charge >= 0.3 is 0 Å². The lowest BCUT2D eigenvalue weighted by atomic mass is 10.0. The smallest absolute Gasteiger partial charge is 0.240 e. The van der Waals surface area contributed by atoms with Gasteiger partial charge in [-0.3, -0.25) is 0 Å². The molecule has 0 radical (unpaired) electrons. The number of nitrogens with one attached hydrogen (secondary N) is 1. The SMILES string of the molecule is NS(=O)(=O)c1ccc2c(c1F)CNCCC2. The van der Waals surface area contributed by atoms with Crippen molar-refractivity contribution in [1.82, 2.24) is 5.32 Å². The molecule has 0 fully saturated rings. The first-order valence-electron chi connectivity index (χ1n) is 5.04. The van der Waals surface area contributed by atoms with Gasteiger partial charge in [0.15, 0.2) is 0 Å². The van der Waals surface area contributed by atoms with Crippen LogP contribution in [0.15, 0.2) is 17.0 Å². The highest BCUT2D eigenvalue weighted by Gasteiger charge is 2.20. The molecule has 16 heavy (non-hydrogen) atoms. The van der Waals surface area contributed by atoms with Crippen molar-refractivity contribution in [2.24, 2.45) is 5.14 Å². The summed E-state index contributed by atoms with van der Waals surface area (Å²) in [5, 5.41) is 7.99. The van der Waals surface area contributed by atoms with Gasteiger partial charge in [0.2, 0.25) is 10.0 Å². The maximum atomic E-state index is 13.9. The molecule has 2 rings (SSSR count). The van der Waals surface area contributed by atoms with Crippen molar-refractivity contribution >= 4 is 10.0 Å². The van der Waals surface area contributed by atoms with Gasteiger partial charge in [-0.05, 0) is 31.0 Å². The normalized spacial score (nSPS) is 16.6. The van der Waals surface area contributed by atoms with E-state index in [4.69, 9.17) is 5.14 Å². The Morgan fingerprint density at radius 1 is 1.38 bits per heavy atom. The molecule has 3 N–H and O–H groups in total. The van der Waals surface area contributed by atoms with E-state index in [-0.39, 0.29) is 0 Å². The lowest BCUT2D eigenvalue weighted by Gasteiger charge is -2.09. The molecule has 0 unspecified atom stereocenters. The Kier molecular flexibility index (Phi) is 2.96. The van der Waals surface area contributed by atoms with Crippen molar-refractivity contribution in [2.45, 2.75) is 24.3 Å². The topological polar surface area (TPSA) is 72.2 Å². The van der Waals surface area contributed by atoms with Gasteiger partial charge < -0.3 is 5.32 Å². The van der Waals surface area contributed by atoms with E-state index in [1.54, 1.807) is 6.07 Å². The molecule has 88 valence electrons. The second kappa shape index (κ2) is 4.12. The van der Waals surface area contributed by atoms with Crippen molar-refractivity contribution in [3.05, 3.63) is 29.1 Å². The van der Waals surface area contributed by atoms with Gasteiger partial charge in [-0.15, -0.1) is 0 Å². The molecule has 0 saturated carbocycles. The predicted octanol–water partition coefficient (Wildman–Crippen LogP) is 0.509. The van der Waals surface area contributed by atoms with Crippen LogP contribution in [0.3, 0.4) is 0 Å². The molecule has 1 heterocycles. The van der Waals surface area contributed by atoms with Crippen LogP contribution in [0.25, 0.3) is 0 Å². The fourth-order valence-electron chi connectivity index (χ4n) is 1.90. The van der Waals surface area contributed by atoms with E-state index >= 15 is 0 Å². The summed E-state index contributed by atoms with van der Waals surface area (Å²) >= 11 is 0. The van der Waals surface area contributed by atoms with Crippen LogP contribution < -0.4 is 10.5 Å². The lowest BCUT2D eigenvalue weighted by molar-refractivity contribution is 0.551. The van der Waals surface area contributed by atoms with Gasteiger partial charge in [-0.2, -0.15) is 0 Å². The summed E-state index contributed by atoms with van der Waals surface area (Å²) in [6.07, 6.45) is 1.67. The molecule has 0 atom stereocenters. The van der Waals surface area contributed by atoms with Gasteiger partial charge in [0.25, 0.3) is 0 Å². The summed E-state index contributed by atoms with van der Waals surface area (Å²) in [6, 6.07) is 2.89. The molecular formula is C10H13FN2O2S. The van der Waals surface area contributed by atoms with Gasteiger partial charge in [-0.1, -0.05) is 6.07 Å². The van der Waals surface area contributed by atoms with E-state index in [1.165, 1.54) is 6.07 Å². The van der Waals surface area contributed by atoms with E-state index in [1.807, 2.05) is 0 Å². The summed E-state index contributed by atoms with van der Waals surface area (Å²) in [7, 11) is -3.98. The molecule has 1 aliphatic rings. The predicted molar refractivity (Wildman–Crippen MR) is 57.8 cm³/mol. The molecule has 0 spiro atoms. The lowest BCUT2D eigenvalue weighted by Crippen LogP contribution is -2.18. The molecule has 0 amide bonds. The van der Waals surface area contributed by atoms with Crippen LogP contribution in [0, 0.1) is 5.82 Å². The molecule has 0 aliphatic carbocycles. The number of halogens is 1. The Bertz CT molecular complexity index is 514. The van der Waals surface area contributed by atoms with Crippen LogP contribution in [-0.2, 0) is 23.0 Å². The minimum absolute atomic E-state index is 0.352. The number of rotatable bonds is 1. The van der Waals surface area contributed by atoms with Gasteiger partial charge in [-0.25, -0.2) is 17.9 Å². The number of fused-ring (bicyclic) bond motifs is 1. The first-order valence-corrected chi connectivity index (χ1v) is 6.58. The monoisotopic (exact) mass is 244 g/mol. The summed E-state index contributed by atoms with van der Waals surface area (Å²) in [5.74, 6) is -0.714. The summed E-state index contributed by atoms with van der Waals surface area (Å²) in [5.41, 5.74) is 1.28. The van der Waals surface area contributed by atoms with Crippen LogP contribution in [0.2, 0.25) is 0 Å². The third-order valence-electron chi connectivity index (χ3n) is 2.71. The Balaban J connectivity index is 2.59. The fourth-order valence-corrected chi connectivity index (χ4v) is 2.53. The first-order chi connectivity index (χ1) is 7.50. The standard InChI is InChI=1S/C10H13FN2O2S/c11-10-8-6-13-5-1-2-7(8)3-4-9(10)16(12,14)15/h3-4,13H,1-2,5-6H2,(H2,12,14,15). The molecule has 0 aromatic heterocycles. The zero-order chi connectivity index (χ0) is 11.8. The maximum Gasteiger partial charge on any atom is 0.240 e. The largest absolute Gasteiger partial charge is 0.313 e. The average Bonchev–Trinajstić information content (AvgIpc) is 2.41. The Labute approximate surface area is 93.7 Å². The first kappa shape index (κ1) is 11.5. The van der Waals surface area contributed by atoms with Crippen LogP contribution in [0.5, 0.6) is 0 Å². The molecule has 0 saturated heterocycles. The zero-order valence-electron chi connectivity index (χ0n) is 8.66. The Morgan fingerprint density at radius 2 is 2.12 bits per heavy atom. The number of sulfonamides is 1. The van der Waals surface area contributed by atoms with Crippen LogP contribution >= 0.6 is 0 Å². The average molecular weight is 244 g/mol. The number of primary sulfonamides is 1. The van der Waals surface area contributed by atoms with Crippen molar-refractivity contribution in [1.29, 1.82) is 0 Å². The van der Waals surface area contributed by atoms with E-state index in [9.17, 15) is 12.8 Å². The number of aryl methyl sites for hydroxylation is 1. The fraction of sp³-hybridized carbons (Fsp3) is 0.400. The van der Waals surface area contributed by atoms with Gasteiger partial charge in [0, 0.05) is 12.1 Å². The van der Waals surface area contributed by atoms with Crippen molar-refractivity contribution in [3.8, 4) is 0 Å². The summed E-state index contributed by atoms with van der Waals surface area (Å²) < 4.78 is 36.2. The number of hydrogen-bond donors (Lipinski definition) is 2. The summed E-state index contributed by atoms with van der Waals surface area (Å²) in [6.45, 7) is 1.16. The second-order valence-electron chi connectivity index (χ2n) is 3.84. The Hall–Kier alpha value is -0.980. The van der Waals surface area contributed by atoms with E-state index in [0.29, 0.717) is 12.1 Å². The van der Waals surface area contributed by atoms with Crippen molar-refractivity contribution < 1.29 is 12.8 Å². The molecular weight excluding hydrogens is 231 g/mol. The van der Waals surface area contributed by atoms with E-state index in [2.05, 4.69) is 5.32 Å². The van der Waals surface area contributed by atoms with Crippen LogP contribution in [-0.4, -0.2) is 15.0 Å². The summed E-state index contributed by atoms with van der Waals surface area (Å²) in [4.78, 5) is -0.421. The number of nitrogens with two attached hydrogens (primary N) is 1. The van der Waals surface area contributed by atoms with Crippen molar-refractivity contribution in [2.75, 3.05) is 6.54 Å². The van der Waals surface area contributed by atoms with Gasteiger partial charge in [0.1, 0.15) is 10.7 Å². The van der Waals surface area contributed by atoms with Crippen molar-refractivity contribution in [3.63, 3.8) is 0 Å². The Morgan fingerprint density at radius 3 is 2.81 bits per heavy atom. The number of benzene rings is 1. The van der Waals surface area contributed by atoms with Crippen LogP contribution in [0.4, 0.5) is 4.39 Å². The van der Waals surface area contributed by atoms with E-state index in [0.717, 1.165) is 24.9 Å². The molecule has 1 aromatic carbocycles. The van der Waals surface area contributed by atoms with E-state index < -0.39 is 20.7 Å². The highest BCUT2D eigenvalue weighted by molar-refractivity contribution is 7.89. The molecule has 4 nitrogen and oxygen atoms in total. The minimum atomic E-state index is -3.98. The maximum absolute atomic E-state index is 13.9. The van der Waals surface area contributed by atoms with Gasteiger partial charge in [0.05, 0.1) is 0 Å². The van der Waals surface area contributed by atoms with Crippen LogP contribution in [0.1, 0.15) is 17.5 Å². The molecule has 1 aliphatic heterocycles. The molecule has 6 heteroatoms. The molecule has 1 aromatic rings. The second-order valence-corrected chi connectivity index (χ2v) is 5.37. The third-order valence-corrected chi connectivity index (χ3v) is 3.64. The molecule has 0 bridgehead atoms. The minimum Gasteiger partial charge on any atom is -0.313 e. The highest BCUT2D eigenvalue weighted by Crippen LogP contribution is 2.23. The quantitative estimate of drug-likeness (QED) is 0.756. The highest BCUT2D eigenvalue weighted by atomic mass is 32.2.